The first-order chi connectivity index (χ1) is 13.0. The van der Waals surface area contributed by atoms with Gasteiger partial charge in [-0.3, -0.25) is 0 Å². The lowest BCUT2D eigenvalue weighted by Crippen LogP contribution is -2.09. The number of rotatable bonds is 5. The zero-order valence-corrected chi connectivity index (χ0v) is 15.1. The lowest BCUT2D eigenvalue weighted by molar-refractivity contribution is 0.0502. The summed E-state index contributed by atoms with van der Waals surface area (Å²) < 4.78 is 5.13. The average Bonchev–Trinajstić information content (AvgIpc) is 3.10. The molecule has 136 valence electrons. The van der Waals surface area contributed by atoms with Gasteiger partial charge < -0.3 is 14.8 Å². The maximum absolute atomic E-state index is 12.2. The van der Waals surface area contributed by atoms with Gasteiger partial charge in [-0.2, -0.15) is 5.26 Å². The number of imidazole rings is 1. The number of H-pyrrole nitrogens is 1. The first kappa shape index (κ1) is 18.2. The maximum atomic E-state index is 12.2. The summed E-state index contributed by atoms with van der Waals surface area (Å²) >= 11 is 0. The van der Waals surface area contributed by atoms with Crippen molar-refractivity contribution >= 4 is 22.6 Å². The number of fused-ring (bicyclic) bond motifs is 1. The van der Waals surface area contributed by atoms with Crippen LogP contribution in [0.4, 0.5) is 0 Å². The Morgan fingerprint density at radius 1 is 1.22 bits per heavy atom. The van der Waals surface area contributed by atoms with Crippen LogP contribution in [0, 0.1) is 11.3 Å². The van der Waals surface area contributed by atoms with Gasteiger partial charge in [0.15, 0.2) is 11.6 Å². The predicted molar refractivity (Wildman–Crippen MR) is 102 cm³/mol. The number of esters is 1. The Bertz CT molecular complexity index is 1010. The Hall–Kier alpha value is -3.59. The van der Waals surface area contributed by atoms with Crippen molar-refractivity contribution in [3.8, 4) is 6.07 Å². The fraction of sp³-hybridized carbons (Fsp3) is 0.190. The average molecular weight is 361 g/mol. The molecule has 0 aliphatic rings. The molecule has 0 amide bonds. The molecule has 2 N–H and O–H groups in total. The summed E-state index contributed by atoms with van der Waals surface area (Å²) in [5.74, 6) is -0.333. The van der Waals surface area contributed by atoms with Gasteiger partial charge in [0.2, 0.25) is 0 Å². The fourth-order valence-electron chi connectivity index (χ4n) is 2.62. The number of para-hydroxylation sites is 2. The molecule has 0 unspecified atom stereocenters. The number of carbonyl (C=O) groups excluding carboxylic acids is 1. The van der Waals surface area contributed by atoms with E-state index in [0.717, 1.165) is 11.1 Å². The Morgan fingerprint density at radius 3 is 2.56 bits per heavy atom. The minimum Gasteiger partial charge on any atom is -0.507 e. The molecule has 6 nitrogen and oxygen atoms in total. The number of nitrogens with zero attached hydrogens (tertiary/aromatic N) is 2. The highest BCUT2D eigenvalue weighted by Crippen LogP contribution is 2.19. The molecule has 1 heterocycles. The van der Waals surface area contributed by atoms with Crippen LogP contribution in [0.5, 0.6) is 0 Å². The molecule has 3 rings (SSSR count). The summed E-state index contributed by atoms with van der Waals surface area (Å²) in [6.45, 7) is 3.72. The molecule has 6 heteroatoms. The van der Waals surface area contributed by atoms with E-state index in [1.807, 2.05) is 36.4 Å². The van der Waals surface area contributed by atoms with Crippen LogP contribution < -0.4 is 0 Å². The molecule has 1 aromatic heterocycles. The van der Waals surface area contributed by atoms with Crippen LogP contribution in [-0.2, 0) is 4.74 Å². The number of nitriles is 1. The van der Waals surface area contributed by atoms with Crippen LogP contribution in [0.1, 0.15) is 41.5 Å². The number of carbonyl (C=O) groups is 1. The van der Waals surface area contributed by atoms with E-state index in [2.05, 4.69) is 23.8 Å². The second-order valence-corrected chi connectivity index (χ2v) is 6.39. The van der Waals surface area contributed by atoms with Crippen molar-refractivity contribution in [2.45, 2.75) is 19.8 Å². The lowest BCUT2D eigenvalue weighted by atomic mass is 10.0. The van der Waals surface area contributed by atoms with Crippen molar-refractivity contribution in [1.29, 1.82) is 5.26 Å². The van der Waals surface area contributed by atoms with Gasteiger partial charge in [0.1, 0.15) is 18.2 Å². The topological polar surface area (TPSA) is 99.0 Å². The Morgan fingerprint density at radius 2 is 1.93 bits per heavy atom. The smallest absolute Gasteiger partial charge is 0.338 e. The van der Waals surface area contributed by atoms with E-state index in [1.54, 1.807) is 18.2 Å². The maximum Gasteiger partial charge on any atom is 0.338 e. The van der Waals surface area contributed by atoms with Gasteiger partial charge in [-0.25, -0.2) is 9.78 Å². The number of hydrogen-bond donors (Lipinski definition) is 2. The van der Waals surface area contributed by atoms with Gasteiger partial charge in [0, 0.05) is 0 Å². The van der Waals surface area contributed by atoms with E-state index in [1.165, 1.54) is 0 Å². The molecule has 0 bridgehead atoms. The summed E-state index contributed by atoms with van der Waals surface area (Å²) in [5.41, 5.74) is 2.86. The highest BCUT2D eigenvalue weighted by atomic mass is 16.5. The number of allylic oxidation sites excluding steroid dienone is 1. The number of aromatic amines is 1. The van der Waals surface area contributed by atoms with Crippen LogP contribution in [0.25, 0.3) is 16.6 Å². The van der Waals surface area contributed by atoms with Gasteiger partial charge in [-0.15, -0.1) is 0 Å². The summed E-state index contributed by atoms with van der Waals surface area (Å²) in [5, 5.41) is 19.6. The standard InChI is InChI=1S/C21H19N3O3/c1-13(2)14-7-9-15(10-8-14)21(26)27-12-19(25)16(11-22)20-23-17-5-3-4-6-18(17)24-20/h3-10,13,25H,12H2,1-2H3,(H,23,24). The first-order valence-corrected chi connectivity index (χ1v) is 8.54. The molecule has 3 aromatic rings. The van der Waals surface area contributed by atoms with Crippen LogP contribution >= 0.6 is 0 Å². The van der Waals surface area contributed by atoms with Crippen molar-refractivity contribution in [3.63, 3.8) is 0 Å². The van der Waals surface area contributed by atoms with Gasteiger partial charge in [0.05, 0.1) is 16.6 Å². The van der Waals surface area contributed by atoms with Crippen LogP contribution in [0.3, 0.4) is 0 Å². The minimum absolute atomic E-state index is 0.0610. The summed E-state index contributed by atoms with van der Waals surface area (Å²) in [4.78, 5) is 19.4. The zero-order chi connectivity index (χ0) is 19.4. The lowest BCUT2D eigenvalue weighted by Gasteiger charge is -2.08. The number of aliphatic hydroxyl groups excluding tert-OH is 1. The highest BCUT2D eigenvalue weighted by molar-refractivity contribution is 5.89. The summed E-state index contributed by atoms with van der Waals surface area (Å²) in [6.07, 6.45) is 0. The van der Waals surface area contributed by atoms with E-state index in [4.69, 9.17) is 4.74 Å². The van der Waals surface area contributed by atoms with Crippen LogP contribution in [0.2, 0.25) is 0 Å². The fourth-order valence-corrected chi connectivity index (χ4v) is 2.62. The molecule has 0 saturated heterocycles. The largest absolute Gasteiger partial charge is 0.507 e. The van der Waals surface area contributed by atoms with Crippen molar-refractivity contribution < 1.29 is 14.6 Å². The van der Waals surface area contributed by atoms with Crippen molar-refractivity contribution in [2.75, 3.05) is 6.61 Å². The molecule has 27 heavy (non-hydrogen) atoms. The van der Waals surface area contributed by atoms with E-state index < -0.39 is 12.6 Å². The van der Waals surface area contributed by atoms with Gasteiger partial charge in [-0.05, 0) is 35.7 Å². The van der Waals surface area contributed by atoms with Crippen molar-refractivity contribution in [1.82, 2.24) is 9.97 Å². The number of aliphatic hydroxyl groups is 1. The first-order valence-electron chi connectivity index (χ1n) is 8.54. The van der Waals surface area contributed by atoms with Crippen LogP contribution in [0.15, 0.2) is 54.3 Å². The number of aromatic nitrogens is 2. The van der Waals surface area contributed by atoms with Crippen molar-refractivity contribution in [3.05, 3.63) is 71.2 Å². The monoisotopic (exact) mass is 361 g/mol. The van der Waals surface area contributed by atoms with E-state index in [9.17, 15) is 15.2 Å². The molecule has 0 aliphatic heterocycles. The number of hydrogen-bond acceptors (Lipinski definition) is 5. The number of benzene rings is 2. The Kier molecular flexibility index (Phi) is 5.23. The third kappa shape index (κ3) is 3.98. The Labute approximate surface area is 156 Å². The number of nitrogens with one attached hydrogen (secondary N) is 1. The molecular weight excluding hydrogens is 342 g/mol. The molecule has 0 saturated carbocycles. The molecule has 0 radical (unpaired) electrons. The summed E-state index contributed by atoms with van der Waals surface area (Å²) in [6, 6.07) is 16.3. The van der Waals surface area contributed by atoms with E-state index in [0.29, 0.717) is 17.0 Å². The molecule has 0 fully saturated rings. The molecule has 0 aliphatic carbocycles. The third-order valence-corrected chi connectivity index (χ3v) is 4.18. The SMILES string of the molecule is CC(C)c1ccc(C(=O)OCC(O)=C(C#N)c2nc3ccccc3[nH]2)cc1. The van der Waals surface area contributed by atoms with E-state index >= 15 is 0 Å². The zero-order valence-electron chi connectivity index (χ0n) is 15.1. The Balaban J connectivity index is 1.74. The third-order valence-electron chi connectivity index (χ3n) is 4.18. The highest BCUT2D eigenvalue weighted by Gasteiger charge is 2.15. The molecular formula is C21H19N3O3. The minimum atomic E-state index is -0.571. The van der Waals surface area contributed by atoms with E-state index in [-0.39, 0.29) is 17.2 Å². The molecule has 0 spiro atoms. The molecule has 2 aromatic carbocycles. The quantitative estimate of drug-likeness (QED) is 0.400. The van der Waals surface area contributed by atoms with Gasteiger partial charge in [-0.1, -0.05) is 38.1 Å². The second kappa shape index (κ2) is 7.75. The molecule has 0 atom stereocenters. The normalized spacial score (nSPS) is 11.9. The van der Waals surface area contributed by atoms with Gasteiger partial charge >= 0.3 is 5.97 Å². The van der Waals surface area contributed by atoms with Crippen molar-refractivity contribution in [2.24, 2.45) is 0 Å². The predicted octanol–water partition coefficient (Wildman–Crippen LogP) is 4.34. The summed E-state index contributed by atoms with van der Waals surface area (Å²) in [7, 11) is 0. The second-order valence-electron chi connectivity index (χ2n) is 6.39. The van der Waals surface area contributed by atoms with Gasteiger partial charge in [0.25, 0.3) is 0 Å². The van der Waals surface area contributed by atoms with Crippen LogP contribution in [-0.4, -0.2) is 27.7 Å². The number of ether oxygens (including phenoxy) is 1.